The molecule has 0 saturated carbocycles. The number of para-hydroxylation sites is 1. The standard InChI is InChI=1S/C15H9F3N2O4S3/c1-27(23,24)12-4-2-3-11(13(12)20(21)22)26-14-19-9-7-8(15(16,17)18)5-6-10(9)25-14/h2-7H,1H3. The second kappa shape index (κ2) is 6.77. The summed E-state index contributed by atoms with van der Waals surface area (Å²) in [6.45, 7) is 0. The Balaban J connectivity index is 2.07. The van der Waals surface area contributed by atoms with Crippen LogP contribution in [0.25, 0.3) is 10.2 Å². The molecule has 2 aromatic carbocycles. The van der Waals surface area contributed by atoms with E-state index in [-0.39, 0.29) is 14.8 Å². The zero-order chi connectivity index (χ0) is 20.0. The molecule has 0 N–H and O–H groups in total. The molecule has 0 fully saturated rings. The highest BCUT2D eigenvalue weighted by Gasteiger charge is 2.31. The van der Waals surface area contributed by atoms with Crippen LogP contribution in [-0.2, 0) is 16.0 Å². The van der Waals surface area contributed by atoms with Gasteiger partial charge in [-0.25, -0.2) is 13.4 Å². The molecule has 0 aliphatic carbocycles. The van der Waals surface area contributed by atoms with E-state index in [9.17, 15) is 31.7 Å². The van der Waals surface area contributed by atoms with Crippen molar-refractivity contribution in [3.05, 3.63) is 52.1 Å². The van der Waals surface area contributed by atoms with Crippen LogP contribution in [0.15, 0.2) is 50.5 Å². The summed E-state index contributed by atoms with van der Waals surface area (Å²) in [5.41, 5.74) is -1.32. The third-order valence-electron chi connectivity index (χ3n) is 3.44. The van der Waals surface area contributed by atoms with Gasteiger partial charge in [-0.2, -0.15) is 13.2 Å². The van der Waals surface area contributed by atoms with E-state index in [1.165, 1.54) is 18.2 Å². The van der Waals surface area contributed by atoms with Crippen molar-refractivity contribution >= 4 is 48.8 Å². The maximum Gasteiger partial charge on any atom is 0.416 e. The molecule has 0 amide bonds. The van der Waals surface area contributed by atoms with Gasteiger partial charge in [-0.15, -0.1) is 11.3 Å². The van der Waals surface area contributed by atoms with Crippen molar-refractivity contribution in [2.75, 3.05) is 6.26 Å². The van der Waals surface area contributed by atoms with E-state index in [0.717, 1.165) is 47.6 Å². The largest absolute Gasteiger partial charge is 0.416 e. The predicted octanol–water partition coefficient (Wildman–Crippen LogP) is 4.78. The maximum atomic E-state index is 12.8. The first kappa shape index (κ1) is 19.6. The number of aromatic nitrogens is 1. The van der Waals surface area contributed by atoms with Crippen molar-refractivity contribution in [2.45, 2.75) is 20.3 Å². The Bertz CT molecular complexity index is 1160. The molecule has 1 aromatic heterocycles. The maximum absolute atomic E-state index is 12.8. The van der Waals surface area contributed by atoms with Crippen molar-refractivity contribution < 1.29 is 26.5 Å². The number of hydrogen-bond acceptors (Lipinski definition) is 7. The molecule has 0 aliphatic rings. The van der Waals surface area contributed by atoms with Crippen LogP contribution in [0.4, 0.5) is 18.9 Å². The van der Waals surface area contributed by atoms with Crippen molar-refractivity contribution in [1.29, 1.82) is 0 Å². The first-order chi connectivity index (χ1) is 12.5. The van der Waals surface area contributed by atoms with E-state index in [4.69, 9.17) is 0 Å². The summed E-state index contributed by atoms with van der Waals surface area (Å²) in [5, 5.41) is 11.4. The Hall–Kier alpha value is -2.18. The van der Waals surface area contributed by atoms with E-state index >= 15 is 0 Å². The number of thiazole rings is 1. The van der Waals surface area contributed by atoms with Gasteiger partial charge in [0.05, 0.1) is 25.6 Å². The zero-order valence-corrected chi connectivity index (χ0v) is 15.8. The lowest BCUT2D eigenvalue weighted by atomic mass is 10.2. The van der Waals surface area contributed by atoms with Gasteiger partial charge >= 0.3 is 11.9 Å². The van der Waals surface area contributed by atoms with Crippen molar-refractivity contribution in [2.24, 2.45) is 0 Å². The number of fused-ring (bicyclic) bond motifs is 1. The Morgan fingerprint density at radius 2 is 1.93 bits per heavy atom. The zero-order valence-electron chi connectivity index (χ0n) is 13.4. The minimum Gasteiger partial charge on any atom is -0.258 e. The topological polar surface area (TPSA) is 90.2 Å². The Morgan fingerprint density at radius 3 is 2.52 bits per heavy atom. The van der Waals surface area contributed by atoms with Crippen LogP contribution in [0.2, 0.25) is 0 Å². The monoisotopic (exact) mass is 434 g/mol. The Morgan fingerprint density at radius 1 is 1.22 bits per heavy atom. The molecule has 3 aromatic rings. The Labute approximate surface area is 159 Å². The summed E-state index contributed by atoms with van der Waals surface area (Å²) in [5.74, 6) is 0. The second-order valence-corrected chi connectivity index (χ2v) is 9.70. The molecule has 0 unspecified atom stereocenters. The van der Waals surface area contributed by atoms with Gasteiger partial charge in [-0.1, -0.05) is 17.8 Å². The van der Waals surface area contributed by atoms with Gasteiger partial charge in [-0.3, -0.25) is 10.1 Å². The van der Waals surface area contributed by atoms with Gasteiger partial charge in [0.1, 0.15) is 4.90 Å². The summed E-state index contributed by atoms with van der Waals surface area (Å²) < 4.78 is 62.8. The fraction of sp³-hybridized carbons (Fsp3) is 0.133. The number of hydrogen-bond donors (Lipinski definition) is 0. The molecule has 12 heteroatoms. The molecule has 142 valence electrons. The van der Waals surface area contributed by atoms with Crippen LogP contribution < -0.4 is 0 Å². The van der Waals surface area contributed by atoms with Gasteiger partial charge in [0.15, 0.2) is 14.2 Å². The normalized spacial score (nSPS) is 12.4. The summed E-state index contributed by atoms with van der Waals surface area (Å²) >= 11 is 1.89. The highest BCUT2D eigenvalue weighted by Crippen LogP contribution is 2.42. The smallest absolute Gasteiger partial charge is 0.258 e. The van der Waals surface area contributed by atoms with E-state index in [0.29, 0.717) is 4.70 Å². The highest BCUT2D eigenvalue weighted by atomic mass is 32.2. The summed E-state index contributed by atoms with van der Waals surface area (Å²) in [6, 6.07) is 6.97. The Kier molecular flexibility index (Phi) is 4.91. The first-order valence-corrected chi connectivity index (χ1v) is 10.6. The third kappa shape index (κ3) is 4.06. The van der Waals surface area contributed by atoms with Crippen molar-refractivity contribution in [1.82, 2.24) is 4.98 Å². The fourth-order valence-electron chi connectivity index (χ4n) is 2.28. The molecule has 3 rings (SSSR count). The molecular weight excluding hydrogens is 425 g/mol. The number of nitrogens with zero attached hydrogens (tertiary/aromatic N) is 2. The molecule has 0 radical (unpaired) electrons. The average Bonchev–Trinajstić information content (AvgIpc) is 2.94. The van der Waals surface area contributed by atoms with E-state index in [1.54, 1.807) is 0 Å². The van der Waals surface area contributed by atoms with Crippen LogP contribution in [0.1, 0.15) is 5.56 Å². The number of benzene rings is 2. The highest BCUT2D eigenvalue weighted by molar-refractivity contribution is 8.01. The van der Waals surface area contributed by atoms with Crippen LogP contribution in [-0.4, -0.2) is 24.6 Å². The lowest BCUT2D eigenvalue weighted by Gasteiger charge is -2.05. The lowest BCUT2D eigenvalue weighted by Crippen LogP contribution is -2.04. The van der Waals surface area contributed by atoms with Crippen LogP contribution in [0, 0.1) is 10.1 Å². The number of sulfone groups is 1. The number of halogens is 3. The predicted molar refractivity (Wildman–Crippen MR) is 95.0 cm³/mol. The summed E-state index contributed by atoms with van der Waals surface area (Å²) in [4.78, 5) is 14.3. The molecule has 0 aliphatic heterocycles. The number of alkyl halides is 3. The summed E-state index contributed by atoms with van der Waals surface area (Å²) in [7, 11) is -3.84. The molecule has 1 heterocycles. The average molecular weight is 434 g/mol. The number of nitro benzene ring substituents is 1. The van der Waals surface area contributed by atoms with E-state index in [2.05, 4.69) is 4.98 Å². The van der Waals surface area contributed by atoms with E-state index in [1.807, 2.05) is 0 Å². The van der Waals surface area contributed by atoms with Crippen LogP contribution in [0.5, 0.6) is 0 Å². The van der Waals surface area contributed by atoms with Gasteiger partial charge in [0.2, 0.25) is 0 Å². The van der Waals surface area contributed by atoms with Gasteiger partial charge in [-0.05, 0) is 30.3 Å². The van der Waals surface area contributed by atoms with Gasteiger partial charge in [0.25, 0.3) is 0 Å². The SMILES string of the molecule is CS(=O)(=O)c1cccc(Sc2nc3cc(C(F)(F)F)ccc3s2)c1[N+](=O)[O-]. The van der Waals surface area contributed by atoms with E-state index < -0.39 is 37.1 Å². The number of nitro groups is 1. The van der Waals surface area contributed by atoms with Gasteiger partial charge < -0.3 is 0 Å². The molecule has 6 nitrogen and oxygen atoms in total. The second-order valence-electron chi connectivity index (χ2n) is 5.39. The van der Waals surface area contributed by atoms with Crippen molar-refractivity contribution in [3.63, 3.8) is 0 Å². The first-order valence-electron chi connectivity index (χ1n) is 7.10. The summed E-state index contributed by atoms with van der Waals surface area (Å²) in [6.07, 6.45) is -3.64. The molecule has 0 spiro atoms. The van der Waals surface area contributed by atoms with Crippen LogP contribution >= 0.6 is 23.1 Å². The number of rotatable bonds is 4. The molecule has 0 saturated heterocycles. The molecule has 0 atom stereocenters. The van der Waals surface area contributed by atoms with Crippen molar-refractivity contribution in [3.8, 4) is 0 Å². The lowest BCUT2D eigenvalue weighted by molar-refractivity contribution is -0.390. The minimum atomic E-state index is -4.51. The fourth-order valence-corrected chi connectivity index (χ4v) is 5.35. The molecule has 27 heavy (non-hydrogen) atoms. The minimum absolute atomic E-state index is 0.0398. The molecular formula is C15H9F3N2O4S3. The quantitative estimate of drug-likeness (QED) is 0.434. The third-order valence-corrected chi connectivity index (χ3v) is 6.71. The van der Waals surface area contributed by atoms with Crippen LogP contribution in [0.3, 0.4) is 0 Å². The molecule has 0 bridgehead atoms. The van der Waals surface area contributed by atoms with Gasteiger partial charge in [0, 0.05) is 6.26 Å².